The molecule has 0 spiro atoms. The van der Waals surface area contributed by atoms with Gasteiger partial charge in [-0.25, -0.2) is 0 Å². The SMILES string of the molecule is Cc1ccccc1COc1cccc([C@@H]2CC(=O)Nc3c2c(C)nn3-c2ccc3nnc(C)n3n2)c1. The lowest BCUT2D eigenvalue weighted by Crippen LogP contribution is -2.25. The third-order valence-electron chi connectivity index (χ3n) is 6.64. The van der Waals surface area contributed by atoms with Crippen LogP contribution < -0.4 is 10.1 Å². The van der Waals surface area contributed by atoms with E-state index in [1.165, 1.54) is 5.56 Å². The van der Waals surface area contributed by atoms with Crippen LogP contribution in [0.25, 0.3) is 11.5 Å². The Hall–Kier alpha value is -4.53. The molecule has 36 heavy (non-hydrogen) atoms. The van der Waals surface area contributed by atoms with E-state index in [1.807, 2.05) is 62.4 Å². The van der Waals surface area contributed by atoms with Gasteiger partial charge in [-0.1, -0.05) is 36.4 Å². The molecule has 1 aliphatic heterocycles. The normalized spacial score (nSPS) is 15.1. The molecular weight excluding hydrogens is 454 g/mol. The smallest absolute Gasteiger partial charge is 0.226 e. The number of carbonyl (C=O) groups excluding carboxylic acids is 1. The maximum atomic E-state index is 12.8. The molecule has 0 bridgehead atoms. The number of hydrogen-bond donors (Lipinski definition) is 1. The average Bonchev–Trinajstić information content (AvgIpc) is 3.42. The monoisotopic (exact) mass is 479 g/mol. The van der Waals surface area contributed by atoms with Crippen molar-refractivity contribution in [3.63, 3.8) is 0 Å². The van der Waals surface area contributed by atoms with E-state index in [0.717, 1.165) is 28.1 Å². The maximum Gasteiger partial charge on any atom is 0.226 e. The van der Waals surface area contributed by atoms with Crippen LogP contribution >= 0.6 is 0 Å². The van der Waals surface area contributed by atoms with Crippen molar-refractivity contribution >= 4 is 17.4 Å². The van der Waals surface area contributed by atoms with Crippen molar-refractivity contribution in [3.05, 3.63) is 94.4 Å². The van der Waals surface area contributed by atoms with Crippen LogP contribution in [0.1, 0.15) is 46.1 Å². The van der Waals surface area contributed by atoms with Gasteiger partial charge in [-0.15, -0.1) is 15.3 Å². The van der Waals surface area contributed by atoms with Crippen LogP contribution in [-0.4, -0.2) is 35.5 Å². The Kier molecular flexibility index (Phi) is 5.25. The van der Waals surface area contributed by atoms with Crippen molar-refractivity contribution in [2.75, 3.05) is 5.32 Å². The fourth-order valence-electron chi connectivity index (χ4n) is 4.75. The van der Waals surface area contributed by atoms with Crippen LogP contribution in [0.15, 0.2) is 60.7 Å². The summed E-state index contributed by atoms with van der Waals surface area (Å²) in [6.07, 6.45) is 0.331. The molecule has 3 aromatic heterocycles. The fraction of sp³-hybridized carbons (Fsp3) is 0.222. The molecule has 1 amide bonds. The molecular formula is C27H25N7O2. The highest BCUT2D eigenvalue weighted by atomic mass is 16.5. The Balaban J connectivity index is 1.36. The predicted octanol–water partition coefficient (Wildman–Crippen LogP) is 4.29. The second-order valence-corrected chi connectivity index (χ2v) is 9.06. The number of amides is 1. The van der Waals surface area contributed by atoms with Crippen LogP contribution in [0.5, 0.6) is 5.75 Å². The highest BCUT2D eigenvalue weighted by Gasteiger charge is 2.33. The van der Waals surface area contributed by atoms with Crippen LogP contribution in [0.3, 0.4) is 0 Å². The van der Waals surface area contributed by atoms with Crippen LogP contribution in [0.4, 0.5) is 5.82 Å². The Bertz CT molecular complexity index is 1620. The van der Waals surface area contributed by atoms with Crippen molar-refractivity contribution < 1.29 is 9.53 Å². The number of benzene rings is 2. The molecule has 4 heterocycles. The van der Waals surface area contributed by atoms with Gasteiger partial charge >= 0.3 is 0 Å². The van der Waals surface area contributed by atoms with Crippen molar-refractivity contribution in [1.82, 2.24) is 29.6 Å². The second kappa shape index (κ2) is 8.60. The number of fused-ring (bicyclic) bond motifs is 2. The van der Waals surface area contributed by atoms with E-state index in [2.05, 4.69) is 39.7 Å². The topological polar surface area (TPSA) is 99.2 Å². The third kappa shape index (κ3) is 3.78. The molecule has 1 atom stereocenters. The summed E-state index contributed by atoms with van der Waals surface area (Å²) < 4.78 is 9.47. The van der Waals surface area contributed by atoms with E-state index in [9.17, 15) is 4.79 Å². The molecule has 1 N–H and O–H groups in total. The molecule has 0 radical (unpaired) electrons. The van der Waals surface area contributed by atoms with E-state index in [-0.39, 0.29) is 11.8 Å². The molecule has 0 unspecified atom stereocenters. The highest BCUT2D eigenvalue weighted by molar-refractivity contribution is 5.95. The molecule has 2 aromatic carbocycles. The molecule has 0 aliphatic carbocycles. The summed E-state index contributed by atoms with van der Waals surface area (Å²) in [7, 11) is 0. The van der Waals surface area contributed by atoms with Gasteiger partial charge in [0.25, 0.3) is 0 Å². The first-order valence-corrected chi connectivity index (χ1v) is 11.8. The molecule has 0 saturated heterocycles. The van der Waals surface area contributed by atoms with Gasteiger partial charge in [-0.3, -0.25) is 4.79 Å². The zero-order valence-corrected chi connectivity index (χ0v) is 20.3. The van der Waals surface area contributed by atoms with E-state index in [0.29, 0.717) is 36.1 Å². The van der Waals surface area contributed by atoms with Gasteiger partial charge in [0.15, 0.2) is 17.3 Å². The van der Waals surface area contributed by atoms with Gasteiger partial charge in [0.1, 0.15) is 18.2 Å². The van der Waals surface area contributed by atoms with Gasteiger partial charge < -0.3 is 10.1 Å². The molecule has 0 saturated carbocycles. The van der Waals surface area contributed by atoms with E-state index in [1.54, 1.807) is 9.20 Å². The van der Waals surface area contributed by atoms with Crippen molar-refractivity contribution in [2.24, 2.45) is 0 Å². The number of hydrogen-bond acceptors (Lipinski definition) is 6. The van der Waals surface area contributed by atoms with Crippen LogP contribution in [-0.2, 0) is 11.4 Å². The molecule has 6 rings (SSSR count). The maximum absolute atomic E-state index is 12.8. The lowest BCUT2D eigenvalue weighted by atomic mass is 9.86. The standard InChI is InChI=1S/C27H25N7O2/c1-16-7-4-5-8-20(16)15-36-21-10-6-9-19(13-21)22-14-25(35)28-27-26(22)17(2)31-34(27)24-12-11-23-30-29-18(3)33(23)32-24/h4-13,22H,14-15H2,1-3H3,(H,28,35)/t22-/m0/s1. The van der Waals surface area contributed by atoms with Gasteiger partial charge in [0.2, 0.25) is 5.91 Å². The Labute approximate surface area is 207 Å². The van der Waals surface area contributed by atoms with Crippen LogP contribution in [0.2, 0.25) is 0 Å². The minimum atomic E-state index is -0.148. The first-order chi connectivity index (χ1) is 17.5. The quantitative estimate of drug-likeness (QED) is 0.404. The Morgan fingerprint density at radius 2 is 1.86 bits per heavy atom. The van der Waals surface area contributed by atoms with E-state index in [4.69, 9.17) is 9.84 Å². The van der Waals surface area contributed by atoms with E-state index >= 15 is 0 Å². The third-order valence-corrected chi connectivity index (χ3v) is 6.64. The van der Waals surface area contributed by atoms with Crippen LogP contribution in [0, 0.1) is 20.8 Å². The Morgan fingerprint density at radius 3 is 2.72 bits per heavy atom. The first-order valence-electron chi connectivity index (χ1n) is 11.8. The zero-order valence-electron chi connectivity index (χ0n) is 20.3. The number of carbonyl (C=O) groups is 1. The van der Waals surface area contributed by atoms with Gasteiger partial charge in [0, 0.05) is 17.9 Å². The zero-order chi connectivity index (χ0) is 24.8. The summed E-state index contributed by atoms with van der Waals surface area (Å²) in [6, 6.07) is 19.8. The summed E-state index contributed by atoms with van der Waals surface area (Å²) in [4.78, 5) is 12.8. The highest BCUT2D eigenvalue weighted by Crippen LogP contribution is 2.40. The van der Waals surface area contributed by atoms with Crippen molar-refractivity contribution in [3.8, 4) is 11.6 Å². The molecule has 5 aromatic rings. The second-order valence-electron chi connectivity index (χ2n) is 9.06. The molecule has 1 aliphatic rings. The lowest BCUT2D eigenvalue weighted by Gasteiger charge is -2.24. The molecule has 180 valence electrons. The first kappa shape index (κ1) is 22.0. The molecule has 0 fully saturated rings. The van der Waals surface area contributed by atoms with E-state index < -0.39 is 0 Å². The average molecular weight is 480 g/mol. The summed E-state index contributed by atoms with van der Waals surface area (Å²) >= 11 is 0. The fourth-order valence-corrected chi connectivity index (χ4v) is 4.75. The molecule has 9 heteroatoms. The number of aryl methyl sites for hydroxylation is 3. The number of anilines is 1. The van der Waals surface area contributed by atoms with Gasteiger partial charge in [-0.05, 0) is 61.7 Å². The number of ether oxygens (including phenoxy) is 1. The number of aromatic nitrogens is 6. The van der Waals surface area contributed by atoms with Crippen molar-refractivity contribution in [1.29, 1.82) is 0 Å². The largest absolute Gasteiger partial charge is 0.489 e. The predicted molar refractivity (Wildman–Crippen MR) is 134 cm³/mol. The molecule has 9 nitrogen and oxygen atoms in total. The van der Waals surface area contributed by atoms with Gasteiger partial charge in [0.05, 0.1) is 5.69 Å². The minimum absolute atomic E-state index is 0.0681. The summed E-state index contributed by atoms with van der Waals surface area (Å²) in [6.45, 7) is 6.36. The number of rotatable bonds is 5. The summed E-state index contributed by atoms with van der Waals surface area (Å²) in [5.41, 5.74) is 5.81. The Morgan fingerprint density at radius 1 is 1.00 bits per heavy atom. The number of nitrogens with one attached hydrogen (secondary N) is 1. The summed E-state index contributed by atoms with van der Waals surface area (Å²) in [5.74, 6) is 2.44. The van der Waals surface area contributed by atoms with Crippen molar-refractivity contribution in [2.45, 2.75) is 39.7 Å². The lowest BCUT2D eigenvalue weighted by molar-refractivity contribution is -0.116. The summed E-state index contributed by atoms with van der Waals surface area (Å²) in [5, 5.41) is 20.6. The minimum Gasteiger partial charge on any atom is -0.489 e. The number of nitrogens with zero attached hydrogens (tertiary/aromatic N) is 6. The van der Waals surface area contributed by atoms with Gasteiger partial charge in [-0.2, -0.15) is 14.3 Å².